The molecule has 4 nitrogen and oxygen atoms in total. The summed E-state index contributed by atoms with van der Waals surface area (Å²) >= 11 is 0. The molecule has 0 aliphatic rings. The molecule has 3 aromatic rings. The van der Waals surface area contributed by atoms with Crippen LogP contribution in [0.15, 0.2) is 65.6 Å². The normalized spacial score (nSPS) is 10.5. The summed E-state index contributed by atoms with van der Waals surface area (Å²) in [6.45, 7) is 2.19. The van der Waals surface area contributed by atoms with Gasteiger partial charge in [0.15, 0.2) is 6.29 Å². The zero-order valence-electron chi connectivity index (χ0n) is 12.8. The van der Waals surface area contributed by atoms with Crippen LogP contribution in [0.2, 0.25) is 0 Å². The Labute approximate surface area is 134 Å². The lowest BCUT2D eigenvalue weighted by Gasteiger charge is -2.11. The quantitative estimate of drug-likeness (QED) is 0.696. The number of carbonyl (C=O) groups excluding carboxylic acids is 1. The molecule has 1 heterocycles. The Bertz CT molecular complexity index is 899. The van der Waals surface area contributed by atoms with E-state index in [2.05, 4.69) is 5.10 Å². The molecule has 0 fully saturated rings. The van der Waals surface area contributed by atoms with E-state index in [1.807, 2.05) is 42.5 Å². The van der Waals surface area contributed by atoms with Crippen LogP contribution in [0.5, 0.6) is 0 Å². The molecule has 0 aliphatic heterocycles. The van der Waals surface area contributed by atoms with Gasteiger partial charge in [-0.05, 0) is 18.1 Å². The molecule has 0 amide bonds. The van der Waals surface area contributed by atoms with Crippen LogP contribution < -0.4 is 5.56 Å². The number of aromatic nitrogens is 2. The minimum atomic E-state index is -0.146. The SMILES string of the molecule is Cc1c(-c2ccccc2C=O)cnn(Cc2ccccc2)c1=O. The number of hydrogen-bond donors (Lipinski definition) is 0. The van der Waals surface area contributed by atoms with Crippen LogP contribution in [0.1, 0.15) is 21.5 Å². The van der Waals surface area contributed by atoms with Crippen LogP contribution in [-0.4, -0.2) is 16.1 Å². The van der Waals surface area contributed by atoms with E-state index in [1.165, 1.54) is 4.68 Å². The van der Waals surface area contributed by atoms with E-state index in [9.17, 15) is 9.59 Å². The minimum absolute atomic E-state index is 0.146. The number of aldehydes is 1. The van der Waals surface area contributed by atoms with E-state index in [1.54, 1.807) is 25.3 Å². The van der Waals surface area contributed by atoms with Crippen molar-refractivity contribution in [1.29, 1.82) is 0 Å². The number of nitrogens with zero attached hydrogens (tertiary/aromatic N) is 2. The minimum Gasteiger partial charge on any atom is -0.298 e. The molecular weight excluding hydrogens is 288 g/mol. The van der Waals surface area contributed by atoms with Crippen LogP contribution in [0.4, 0.5) is 0 Å². The molecule has 3 rings (SSSR count). The summed E-state index contributed by atoms with van der Waals surface area (Å²) in [5, 5.41) is 4.27. The summed E-state index contributed by atoms with van der Waals surface area (Å²) in [6.07, 6.45) is 2.45. The summed E-state index contributed by atoms with van der Waals surface area (Å²) in [5.74, 6) is 0. The number of hydrogen-bond acceptors (Lipinski definition) is 3. The van der Waals surface area contributed by atoms with E-state index in [0.717, 1.165) is 17.4 Å². The average Bonchev–Trinajstić information content (AvgIpc) is 2.60. The van der Waals surface area contributed by atoms with Gasteiger partial charge in [0.25, 0.3) is 5.56 Å². The highest BCUT2D eigenvalue weighted by Crippen LogP contribution is 2.23. The summed E-state index contributed by atoms with van der Waals surface area (Å²) in [4.78, 5) is 23.8. The Balaban J connectivity index is 2.05. The Morgan fingerprint density at radius 2 is 1.70 bits per heavy atom. The van der Waals surface area contributed by atoms with E-state index in [-0.39, 0.29) is 5.56 Å². The van der Waals surface area contributed by atoms with E-state index in [0.29, 0.717) is 23.2 Å². The molecule has 4 heteroatoms. The highest BCUT2D eigenvalue weighted by atomic mass is 16.1. The van der Waals surface area contributed by atoms with Gasteiger partial charge in [0.2, 0.25) is 0 Å². The van der Waals surface area contributed by atoms with Gasteiger partial charge in [-0.1, -0.05) is 54.6 Å². The molecule has 0 spiro atoms. The molecule has 0 radical (unpaired) electrons. The van der Waals surface area contributed by atoms with Crippen LogP contribution >= 0.6 is 0 Å². The first-order valence-electron chi connectivity index (χ1n) is 7.36. The van der Waals surface area contributed by atoms with E-state index < -0.39 is 0 Å². The molecule has 1 aromatic heterocycles. The van der Waals surface area contributed by atoms with Gasteiger partial charge in [0, 0.05) is 16.7 Å². The molecule has 0 saturated heterocycles. The van der Waals surface area contributed by atoms with Crippen LogP contribution in [-0.2, 0) is 6.54 Å². The third-order valence-corrected chi connectivity index (χ3v) is 3.84. The Hall–Kier alpha value is -3.01. The van der Waals surface area contributed by atoms with Crippen LogP contribution in [0, 0.1) is 6.92 Å². The molecule has 0 saturated carbocycles. The highest BCUT2D eigenvalue weighted by molar-refractivity contribution is 5.87. The number of rotatable bonds is 4. The lowest BCUT2D eigenvalue weighted by atomic mass is 9.99. The lowest BCUT2D eigenvalue weighted by Crippen LogP contribution is -2.26. The molecule has 0 N–H and O–H groups in total. The molecule has 0 aliphatic carbocycles. The molecule has 0 bridgehead atoms. The maximum absolute atomic E-state index is 12.6. The van der Waals surface area contributed by atoms with Crippen molar-refractivity contribution in [1.82, 2.24) is 9.78 Å². The fraction of sp³-hybridized carbons (Fsp3) is 0.105. The number of carbonyl (C=O) groups is 1. The molecule has 2 aromatic carbocycles. The maximum atomic E-state index is 12.6. The molecule has 114 valence electrons. The first-order chi connectivity index (χ1) is 11.2. The zero-order valence-corrected chi connectivity index (χ0v) is 12.8. The largest absolute Gasteiger partial charge is 0.298 e. The van der Waals surface area contributed by atoms with Crippen molar-refractivity contribution in [2.24, 2.45) is 0 Å². The summed E-state index contributed by atoms with van der Waals surface area (Å²) in [5.41, 5.74) is 3.44. The van der Waals surface area contributed by atoms with Crippen molar-refractivity contribution in [3.63, 3.8) is 0 Å². The second kappa shape index (κ2) is 6.40. The maximum Gasteiger partial charge on any atom is 0.270 e. The van der Waals surface area contributed by atoms with E-state index >= 15 is 0 Å². The first-order valence-corrected chi connectivity index (χ1v) is 7.36. The summed E-state index contributed by atoms with van der Waals surface area (Å²) in [7, 11) is 0. The van der Waals surface area contributed by atoms with Gasteiger partial charge in [-0.2, -0.15) is 5.10 Å². The predicted molar refractivity (Wildman–Crippen MR) is 89.6 cm³/mol. The standard InChI is InChI=1S/C19H16N2O2/c1-14-18(17-10-6-5-9-16(17)13-22)11-20-21(19(14)23)12-15-7-3-2-4-8-15/h2-11,13H,12H2,1H3. The van der Waals surface area contributed by atoms with Crippen LogP contribution in [0.25, 0.3) is 11.1 Å². The second-order valence-electron chi connectivity index (χ2n) is 5.34. The molecular formula is C19H16N2O2. The first kappa shape index (κ1) is 14.9. The Morgan fingerprint density at radius 1 is 1.00 bits per heavy atom. The van der Waals surface area contributed by atoms with E-state index in [4.69, 9.17) is 0 Å². The zero-order chi connectivity index (χ0) is 16.2. The van der Waals surface area contributed by atoms with Gasteiger partial charge >= 0.3 is 0 Å². The third kappa shape index (κ3) is 2.97. The third-order valence-electron chi connectivity index (χ3n) is 3.84. The lowest BCUT2D eigenvalue weighted by molar-refractivity contribution is 0.112. The summed E-state index contributed by atoms with van der Waals surface area (Å²) < 4.78 is 1.44. The van der Waals surface area contributed by atoms with Gasteiger partial charge in [0.1, 0.15) is 0 Å². The van der Waals surface area contributed by atoms with Crippen molar-refractivity contribution in [2.75, 3.05) is 0 Å². The predicted octanol–water partition coefficient (Wildman–Crippen LogP) is 3.08. The Morgan fingerprint density at radius 3 is 2.43 bits per heavy atom. The average molecular weight is 304 g/mol. The molecule has 23 heavy (non-hydrogen) atoms. The summed E-state index contributed by atoms with van der Waals surface area (Å²) in [6, 6.07) is 16.9. The van der Waals surface area contributed by atoms with Gasteiger partial charge in [-0.25, -0.2) is 4.68 Å². The van der Waals surface area contributed by atoms with Gasteiger partial charge < -0.3 is 0 Å². The fourth-order valence-electron chi connectivity index (χ4n) is 2.57. The van der Waals surface area contributed by atoms with Crippen molar-refractivity contribution in [3.05, 3.63) is 87.8 Å². The van der Waals surface area contributed by atoms with Gasteiger partial charge in [0.05, 0.1) is 12.7 Å². The van der Waals surface area contributed by atoms with Crippen molar-refractivity contribution >= 4 is 6.29 Å². The van der Waals surface area contributed by atoms with Crippen molar-refractivity contribution < 1.29 is 4.79 Å². The topological polar surface area (TPSA) is 52.0 Å². The van der Waals surface area contributed by atoms with Gasteiger partial charge in [-0.3, -0.25) is 9.59 Å². The van der Waals surface area contributed by atoms with Crippen molar-refractivity contribution in [2.45, 2.75) is 13.5 Å². The monoisotopic (exact) mass is 304 g/mol. The molecule has 0 unspecified atom stereocenters. The smallest absolute Gasteiger partial charge is 0.270 e. The van der Waals surface area contributed by atoms with Gasteiger partial charge in [-0.15, -0.1) is 0 Å². The molecule has 0 atom stereocenters. The van der Waals surface area contributed by atoms with Crippen LogP contribution in [0.3, 0.4) is 0 Å². The number of benzene rings is 2. The second-order valence-corrected chi connectivity index (χ2v) is 5.34. The Kier molecular flexibility index (Phi) is 4.15. The highest BCUT2D eigenvalue weighted by Gasteiger charge is 2.12. The van der Waals surface area contributed by atoms with Crippen molar-refractivity contribution in [3.8, 4) is 11.1 Å². The fourth-order valence-corrected chi connectivity index (χ4v) is 2.57.